The zero-order valence-electron chi connectivity index (χ0n) is 11.5. The first-order valence-corrected chi connectivity index (χ1v) is 6.45. The molecule has 2 rings (SSSR count). The van der Waals surface area contributed by atoms with Crippen molar-refractivity contribution in [2.24, 2.45) is 0 Å². The minimum atomic E-state index is -4.91. The summed E-state index contributed by atoms with van der Waals surface area (Å²) in [5.74, 6) is -0.427. The third-order valence-electron chi connectivity index (χ3n) is 3.38. The molecule has 22 heavy (non-hydrogen) atoms. The molecule has 1 aromatic rings. The lowest BCUT2D eigenvalue weighted by Gasteiger charge is -2.29. The molecule has 1 fully saturated rings. The van der Waals surface area contributed by atoms with Crippen molar-refractivity contribution < 1.29 is 31.1 Å². The van der Waals surface area contributed by atoms with E-state index in [0.717, 1.165) is 7.11 Å². The van der Waals surface area contributed by atoms with Gasteiger partial charge in [0.2, 0.25) is 0 Å². The van der Waals surface area contributed by atoms with E-state index in [1.54, 1.807) is 0 Å². The van der Waals surface area contributed by atoms with Crippen LogP contribution in [-0.4, -0.2) is 26.7 Å². The van der Waals surface area contributed by atoms with Crippen LogP contribution in [0.25, 0.3) is 0 Å². The third kappa shape index (κ3) is 3.46. The zero-order valence-corrected chi connectivity index (χ0v) is 11.5. The molecular formula is C13H14F6N2O. The van der Waals surface area contributed by atoms with E-state index in [0.29, 0.717) is 19.2 Å². The summed E-state index contributed by atoms with van der Waals surface area (Å²) in [7, 11) is 1.05. The Morgan fingerprint density at radius 3 is 2.18 bits per heavy atom. The van der Waals surface area contributed by atoms with Gasteiger partial charge >= 0.3 is 12.4 Å². The van der Waals surface area contributed by atoms with Crippen LogP contribution in [0.5, 0.6) is 5.75 Å². The Bertz CT molecular complexity index is 535. The zero-order chi connectivity index (χ0) is 16.5. The summed E-state index contributed by atoms with van der Waals surface area (Å²) in [4.78, 5) is 0. The molecule has 1 aliphatic rings. The molecule has 9 heteroatoms. The lowest BCUT2D eigenvalue weighted by molar-refractivity contribution is -0.143. The van der Waals surface area contributed by atoms with Crippen molar-refractivity contribution in [1.82, 2.24) is 10.6 Å². The van der Waals surface area contributed by atoms with Crippen LogP contribution in [0.15, 0.2) is 12.1 Å². The van der Waals surface area contributed by atoms with E-state index in [1.807, 2.05) is 0 Å². The van der Waals surface area contributed by atoms with Gasteiger partial charge in [0.25, 0.3) is 0 Å². The van der Waals surface area contributed by atoms with Crippen LogP contribution in [0.3, 0.4) is 0 Å². The predicted octanol–water partition coefficient (Wildman–Crippen LogP) is 2.97. The van der Waals surface area contributed by atoms with Crippen molar-refractivity contribution in [3.8, 4) is 5.75 Å². The molecule has 1 saturated heterocycles. The molecule has 0 aromatic heterocycles. The van der Waals surface area contributed by atoms with Crippen LogP contribution < -0.4 is 15.4 Å². The molecule has 0 bridgehead atoms. The second kappa shape index (κ2) is 5.96. The summed E-state index contributed by atoms with van der Waals surface area (Å²) < 4.78 is 82.8. The first-order chi connectivity index (χ1) is 10.1. The van der Waals surface area contributed by atoms with Gasteiger partial charge in [-0.15, -0.1) is 0 Å². The Kier molecular flexibility index (Phi) is 4.57. The van der Waals surface area contributed by atoms with Crippen molar-refractivity contribution in [2.45, 2.75) is 18.4 Å². The largest absolute Gasteiger partial charge is 0.496 e. The van der Waals surface area contributed by atoms with E-state index in [4.69, 9.17) is 4.74 Å². The fourth-order valence-electron chi connectivity index (χ4n) is 2.41. The van der Waals surface area contributed by atoms with E-state index in [1.165, 1.54) is 0 Å². The normalized spacial score (nSPS) is 20.0. The highest BCUT2D eigenvalue weighted by molar-refractivity contribution is 5.48. The minimum absolute atomic E-state index is 0.133. The van der Waals surface area contributed by atoms with Gasteiger partial charge in [-0.25, -0.2) is 0 Å². The SMILES string of the molecule is COc1cc(C(F)(F)F)cc(C(F)(F)F)c1[C@@H]1CNCCN1. The van der Waals surface area contributed by atoms with Crippen LogP contribution in [0, 0.1) is 0 Å². The molecule has 0 radical (unpaired) electrons. The van der Waals surface area contributed by atoms with E-state index >= 15 is 0 Å². The van der Waals surface area contributed by atoms with Crippen LogP contribution in [-0.2, 0) is 12.4 Å². The van der Waals surface area contributed by atoms with Gasteiger partial charge in [-0.3, -0.25) is 0 Å². The molecule has 0 aliphatic carbocycles. The summed E-state index contributed by atoms with van der Waals surface area (Å²) in [5, 5.41) is 5.76. The van der Waals surface area contributed by atoms with Crippen molar-refractivity contribution >= 4 is 0 Å². The van der Waals surface area contributed by atoms with Gasteiger partial charge in [0, 0.05) is 31.2 Å². The Balaban J connectivity index is 2.63. The van der Waals surface area contributed by atoms with E-state index < -0.39 is 35.3 Å². The second-order valence-electron chi connectivity index (χ2n) is 4.85. The molecular weight excluding hydrogens is 314 g/mol. The molecule has 1 aliphatic heterocycles. The number of benzene rings is 1. The number of piperazine rings is 1. The maximum atomic E-state index is 13.2. The fraction of sp³-hybridized carbons (Fsp3) is 0.538. The standard InChI is InChI=1S/C13H14F6N2O/c1-22-10-5-7(12(14,15)16)4-8(13(17,18)19)11(10)9-6-20-2-3-21-9/h4-5,9,20-21H,2-3,6H2,1H3/t9-/m0/s1. The first-order valence-electron chi connectivity index (χ1n) is 6.45. The molecule has 1 heterocycles. The molecule has 0 amide bonds. The number of ether oxygens (including phenoxy) is 1. The van der Waals surface area contributed by atoms with E-state index in [-0.39, 0.29) is 18.2 Å². The molecule has 3 nitrogen and oxygen atoms in total. The highest BCUT2D eigenvalue weighted by Gasteiger charge is 2.41. The second-order valence-corrected chi connectivity index (χ2v) is 4.85. The summed E-state index contributed by atoms with van der Waals surface area (Å²) >= 11 is 0. The van der Waals surface area contributed by atoms with Gasteiger partial charge in [0.1, 0.15) is 5.75 Å². The molecule has 0 saturated carbocycles. The Morgan fingerprint density at radius 1 is 1.05 bits per heavy atom. The average molecular weight is 328 g/mol. The number of rotatable bonds is 2. The summed E-state index contributed by atoms with van der Waals surface area (Å²) in [6.45, 7) is 1.15. The average Bonchev–Trinajstić information content (AvgIpc) is 2.44. The van der Waals surface area contributed by atoms with Crippen molar-refractivity contribution in [2.75, 3.05) is 26.7 Å². The van der Waals surface area contributed by atoms with Gasteiger partial charge in [0.05, 0.1) is 18.2 Å². The third-order valence-corrected chi connectivity index (χ3v) is 3.38. The van der Waals surface area contributed by atoms with E-state index in [9.17, 15) is 26.3 Å². The summed E-state index contributed by atoms with van der Waals surface area (Å²) in [6, 6.07) is -0.0442. The molecule has 1 atom stereocenters. The van der Waals surface area contributed by atoms with Crippen molar-refractivity contribution in [3.63, 3.8) is 0 Å². The van der Waals surface area contributed by atoms with Crippen LogP contribution in [0.2, 0.25) is 0 Å². The van der Waals surface area contributed by atoms with Crippen molar-refractivity contribution in [3.05, 3.63) is 28.8 Å². The topological polar surface area (TPSA) is 33.3 Å². The molecule has 0 spiro atoms. The van der Waals surface area contributed by atoms with Crippen LogP contribution in [0.4, 0.5) is 26.3 Å². The summed E-state index contributed by atoms with van der Waals surface area (Å²) in [6.07, 6.45) is -9.80. The lowest BCUT2D eigenvalue weighted by Crippen LogP contribution is -2.43. The highest BCUT2D eigenvalue weighted by atomic mass is 19.4. The van der Waals surface area contributed by atoms with Gasteiger partial charge < -0.3 is 15.4 Å². The first kappa shape index (κ1) is 16.9. The maximum Gasteiger partial charge on any atom is 0.416 e. The quantitative estimate of drug-likeness (QED) is 0.819. The van der Waals surface area contributed by atoms with Gasteiger partial charge in [-0.05, 0) is 12.1 Å². The molecule has 0 unspecified atom stereocenters. The smallest absolute Gasteiger partial charge is 0.416 e. The van der Waals surface area contributed by atoms with Gasteiger partial charge in [-0.2, -0.15) is 26.3 Å². The Hall–Kier alpha value is -1.48. The van der Waals surface area contributed by atoms with Gasteiger partial charge in [0.15, 0.2) is 0 Å². The number of hydrogen-bond acceptors (Lipinski definition) is 3. The fourth-order valence-corrected chi connectivity index (χ4v) is 2.41. The minimum Gasteiger partial charge on any atom is -0.496 e. The predicted molar refractivity (Wildman–Crippen MR) is 66.6 cm³/mol. The van der Waals surface area contributed by atoms with Gasteiger partial charge in [-0.1, -0.05) is 0 Å². The number of nitrogens with one attached hydrogen (secondary N) is 2. The Labute approximate surface area is 122 Å². The molecule has 1 aromatic carbocycles. The number of hydrogen-bond donors (Lipinski definition) is 2. The van der Waals surface area contributed by atoms with Crippen LogP contribution in [0.1, 0.15) is 22.7 Å². The number of halogens is 6. The number of methoxy groups -OCH3 is 1. The Morgan fingerprint density at radius 2 is 1.73 bits per heavy atom. The van der Waals surface area contributed by atoms with Crippen LogP contribution >= 0.6 is 0 Å². The molecule has 124 valence electrons. The molecule has 2 N–H and O–H groups in total. The van der Waals surface area contributed by atoms with Crippen molar-refractivity contribution in [1.29, 1.82) is 0 Å². The maximum absolute atomic E-state index is 13.2. The number of alkyl halides is 6. The van der Waals surface area contributed by atoms with E-state index in [2.05, 4.69) is 10.6 Å². The lowest BCUT2D eigenvalue weighted by atomic mass is 9.94. The summed E-state index contributed by atoms with van der Waals surface area (Å²) in [5.41, 5.74) is -3.03. The highest BCUT2D eigenvalue weighted by Crippen LogP contribution is 2.43. The monoisotopic (exact) mass is 328 g/mol.